The van der Waals surface area contributed by atoms with Gasteiger partial charge in [0.25, 0.3) is 0 Å². The van der Waals surface area contributed by atoms with Crippen molar-refractivity contribution in [3.05, 3.63) is 35.4 Å². The number of nitrogens with zero attached hydrogens (tertiary/aromatic N) is 1. The lowest BCUT2D eigenvalue weighted by atomic mass is 9.99. The van der Waals surface area contributed by atoms with Crippen LogP contribution in [0, 0.1) is 17.6 Å². The normalized spacial score (nSPS) is 24.9. The largest absolute Gasteiger partial charge is 0.311 e. The summed E-state index contributed by atoms with van der Waals surface area (Å²) in [5, 5.41) is 3.50. The van der Waals surface area contributed by atoms with Gasteiger partial charge in [-0.05, 0) is 18.9 Å². The predicted octanol–water partition coefficient (Wildman–Crippen LogP) is 2.78. The molecule has 19 heavy (non-hydrogen) atoms. The standard InChI is InChI=1S/C15H22F2N2/c1-10(2)14-9-19(11(3)7-18-14)8-12-5-4-6-13(16)15(12)17/h4-6,10-11,14,18H,7-9H2,1-3H3. The van der Waals surface area contributed by atoms with Crippen LogP contribution in [0.1, 0.15) is 26.3 Å². The van der Waals surface area contributed by atoms with E-state index in [4.69, 9.17) is 0 Å². The summed E-state index contributed by atoms with van der Waals surface area (Å²) < 4.78 is 27.0. The van der Waals surface area contributed by atoms with Crippen molar-refractivity contribution in [3.63, 3.8) is 0 Å². The molecule has 1 saturated heterocycles. The maximum atomic E-state index is 13.7. The second kappa shape index (κ2) is 5.97. The van der Waals surface area contributed by atoms with Gasteiger partial charge in [0.15, 0.2) is 11.6 Å². The highest BCUT2D eigenvalue weighted by molar-refractivity contribution is 5.19. The molecule has 0 radical (unpaired) electrons. The predicted molar refractivity (Wildman–Crippen MR) is 72.9 cm³/mol. The summed E-state index contributed by atoms with van der Waals surface area (Å²) in [4.78, 5) is 2.22. The summed E-state index contributed by atoms with van der Waals surface area (Å²) in [6.07, 6.45) is 0. The van der Waals surface area contributed by atoms with Crippen molar-refractivity contribution in [1.82, 2.24) is 10.2 Å². The van der Waals surface area contributed by atoms with E-state index in [-0.39, 0.29) is 0 Å². The van der Waals surface area contributed by atoms with Crippen LogP contribution in [0.25, 0.3) is 0 Å². The van der Waals surface area contributed by atoms with Crippen LogP contribution in [0.4, 0.5) is 8.78 Å². The van der Waals surface area contributed by atoms with E-state index in [1.807, 2.05) is 0 Å². The highest BCUT2D eigenvalue weighted by atomic mass is 19.2. The highest BCUT2D eigenvalue weighted by Gasteiger charge is 2.27. The number of benzene rings is 1. The molecule has 0 aliphatic carbocycles. The Bertz CT molecular complexity index is 434. The number of halogens is 2. The molecule has 0 bridgehead atoms. The lowest BCUT2D eigenvalue weighted by molar-refractivity contribution is 0.114. The minimum Gasteiger partial charge on any atom is -0.311 e. The first-order chi connectivity index (χ1) is 8.99. The third kappa shape index (κ3) is 3.31. The fourth-order valence-corrected chi connectivity index (χ4v) is 2.50. The Kier molecular flexibility index (Phi) is 4.53. The Labute approximate surface area is 113 Å². The fraction of sp³-hybridized carbons (Fsp3) is 0.600. The van der Waals surface area contributed by atoms with E-state index < -0.39 is 11.6 Å². The number of piperazine rings is 1. The number of hydrogen-bond donors (Lipinski definition) is 1. The zero-order valence-electron chi connectivity index (χ0n) is 11.8. The molecule has 2 rings (SSSR count). The van der Waals surface area contributed by atoms with Gasteiger partial charge in [-0.2, -0.15) is 0 Å². The van der Waals surface area contributed by atoms with Crippen LogP contribution in [0.2, 0.25) is 0 Å². The number of hydrogen-bond acceptors (Lipinski definition) is 2. The van der Waals surface area contributed by atoms with Crippen LogP contribution >= 0.6 is 0 Å². The number of nitrogens with one attached hydrogen (secondary N) is 1. The SMILES string of the molecule is CC(C)C1CN(Cc2cccc(F)c2F)C(C)CN1. The molecule has 1 fully saturated rings. The zero-order valence-corrected chi connectivity index (χ0v) is 11.8. The van der Waals surface area contributed by atoms with E-state index in [1.54, 1.807) is 12.1 Å². The molecule has 0 saturated carbocycles. The average Bonchev–Trinajstić information content (AvgIpc) is 2.37. The van der Waals surface area contributed by atoms with Gasteiger partial charge in [0.1, 0.15) is 0 Å². The summed E-state index contributed by atoms with van der Waals surface area (Å²) in [6, 6.07) is 5.14. The average molecular weight is 268 g/mol. The molecule has 0 aromatic heterocycles. The number of rotatable bonds is 3. The second-order valence-corrected chi connectivity index (χ2v) is 5.75. The van der Waals surface area contributed by atoms with E-state index in [2.05, 4.69) is 31.0 Å². The maximum Gasteiger partial charge on any atom is 0.163 e. The summed E-state index contributed by atoms with van der Waals surface area (Å²) >= 11 is 0. The van der Waals surface area contributed by atoms with Gasteiger partial charge in [-0.15, -0.1) is 0 Å². The van der Waals surface area contributed by atoms with Gasteiger partial charge < -0.3 is 5.32 Å². The quantitative estimate of drug-likeness (QED) is 0.907. The Morgan fingerprint density at radius 2 is 2.11 bits per heavy atom. The molecule has 2 atom stereocenters. The van der Waals surface area contributed by atoms with Crippen molar-refractivity contribution >= 4 is 0 Å². The molecule has 1 aromatic carbocycles. The van der Waals surface area contributed by atoms with Crippen LogP contribution in [0.3, 0.4) is 0 Å². The maximum absolute atomic E-state index is 13.7. The van der Waals surface area contributed by atoms with Gasteiger partial charge in [-0.1, -0.05) is 26.0 Å². The van der Waals surface area contributed by atoms with E-state index >= 15 is 0 Å². The van der Waals surface area contributed by atoms with Gasteiger partial charge in [0, 0.05) is 37.3 Å². The monoisotopic (exact) mass is 268 g/mol. The summed E-state index contributed by atoms with van der Waals surface area (Å²) in [5.41, 5.74) is 0.441. The minimum atomic E-state index is -0.763. The van der Waals surface area contributed by atoms with Crippen molar-refractivity contribution in [2.75, 3.05) is 13.1 Å². The van der Waals surface area contributed by atoms with Crippen LogP contribution in [0.5, 0.6) is 0 Å². The van der Waals surface area contributed by atoms with Crippen molar-refractivity contribution < 1.29 is 8.78 Å². The molecule has 0 amide bonds. The van der Waals surface area contributed by atoms with Crippen molar-refractivity contribution in [3.8, 4) is 0 Å². The van der Waals surface area contributed by atoms with E-state index in [9.17, 15) is 8.78 Å². The lowest BCUT2D eigenvalue weighted by Crippen LogP contribution is -2.56. The van der Waals surface area contributed by atoms with Gasteiger partial charge in [-0.25, -0.2) is 8.78 Å². The molecule has 2 nitrogen and oxygen atoms in total. The molecule has 1 aliphatic heterocycles. The van der Waals surface area contributed by atoms with Crippen LogP contribution < -0.4 is 5.32 Å². The summed E-state index contributed by atoms with van der Waals surface area (Å²) in [5.74, 6) is -0.942. The first-order valence-electron chi connectivity index (χ1n) is 6.89. The molecule has 106 valence electrons. The van der Waals surface area contributed by atoms with Gasteiger partial charge in [0.2, 0.25) is 0 Å². The second-order valence-electron chi connectivity index (χ2n) is 5.75. The van der Waals surface area contributed by atoms with Crippen molar-refractivity contribution in [2.45, 2.75) is 39.4 Å². The Balaban J connectivity index is 2.10. The zero-order chi connectivity index (χ0) is 14.0. The Morgan fingerprint density at radius 1 is 1.37 bits per heavy atom. The molecule has 1 aromatic rings. The first kappa shape index (κ1) is 14.4. The third-order valence-electron chi connectivity index (χ3n) is 3.94. The van der Waals surface area contributed by atoms with Crippen molar-refractivity contribution in [2.24, 2.45) is 5.92 Å². The van der Waals surface area contributed by atoms with Crippen molar-refractivity contribution in [1.29, 1.82) is 0 Å². The Morgan fingerprint density at radius 3 is 2.79 bits per heavy atom. The summed E-state index contributed by atoms with van der Waals surface area (Å²) in [6.45, 7) is 8.69. The molecule has 2 unspecified atom stereocenters. The van der Waals surface area contributed by atoms with Gasteiger partial charge in [0.05, 0.1) is 0 Å². The van der Waals surface area contributed by atoms with Gasteiger partial charge in [-0.3, -0.25) is 4.90 Å². The first-order valence-corrected chi connectivity index (χ1v) is 6.89. The molecule has 0 spiro atoms. The molecule has 1 heterocycles. The fourth-order valence-electron chi connectivity index (χ4n) is 2.50. The highest BCUT2D eigenvalue weighted by Crippen LogP contribution is 2.18. The van der Waals surface area contributed by atoms with Crippen LogP contribution in [-0.4, -0.2) is 30.1 Å². The van der Waals surface area contributed by atoms with Crippen LogP contribution in [0.15, 0.2) is 18.2 Å². The van der Waals surface area contributed by atoms with E-state index in [0.717, 1.165) is 19.2 Å². The summed E-state index contributed by atoms with van der Waals surface area (Å²) in [7, 11) is 0. The van der Waals surface area contributed by atoms with Crippen LogP contribution in [-0.2, 0) is 6.54 Å². The molecule has 1 N–H and O–H groups in total. The molecule has 1 aliphatic rings. The molecular weight excluding hydrogens is 246 g/mol. The third-order valence-corrected chi connectivity index (χ3v) is 3.94. The van der Waals surface area contributed by atoms with E-state index in [0.29, 0.717) is 30.1 Å². The molecular formula is C15H22F2N2. The smallest absolute Gasteiger partial charge is 0.163 e. The van der Waals surface area contributed by atoms with Gasteiger partial charge >= 0.3 is 0 Å². The lowest BCUT2D eigenvalue weighted by Gasteiger charge is -2.40. The minimum absolute atomic E-state index is 0.331. The Hall–Kier alpha value is -1.00. The topological polar surface area (TPSA) is 15.3 Å². The molecule has 4 heteroatoms. The van der Waals surface area contributed by atoms with E-state index in [1.165, 1.54) is 0 Å².